The number of aryl methyl sites for hydroxylation is 1. The molecule has 0 bridgehead atoms. The van der Waals surface area contributed by atoms with Crippen LogP contribution < -0.4 is 5.32 Å². The number of rotatable bonds is 7. The lowest BCUT2D eigenvalue weighted by Gasteiger charge is -2.12. The van der Waals surface area contributed by atoms with Gasteiger partial charge in [-0.1, -0.05) is 6.07 Å². The minimum Gasteiger partial charge on any atom is -0.382 e. The quantitative estimate of drug-likeness (QED) is 0.781. The lowest BCUT2D eigenvalue weighted by Crippen LogP contribution is -2.10. The van der Waals surface area contributed by atoms with Crippen LogP contribution in [0.1, 0.15) is 18.9 Å². The molecule has 0 saturated heterocycles. The van der Waals surface area contributed by atoms with Gasteiger partial charge in [-0.05, 0) is 53.9 Å². The van der Waals surface area contributed by atoms with Crippen molar-refractivity contribution in [2.24, 2.45) is 0 Å². The molecule has 2 rings (SSSR count). The summed E-state index contributed by atoms with van der Waals surface area (Å²) in [6.45, 7) is 6.49. The van der Waals surface area contributed by atoms with Gasteiger partial charge < -0.3 is 10.1 Å². The molecule has 0 spiro atoms. The summed E-state index contributed by atoms with van der Waals surface area (Å²) in [6, 6.07) is 6.28. The Morgan fingerprint density at radius 3 is 3.05 bits per heavy atom. The summed E-state index contributed by atoms with van der Waals surface area (Å²) in [5.41, 5.74) is 2.31. The first-order valence-corrected chi connectivity index (χ1v) is 7.63. The van der Waals surface area contributed by atoms with Gasteiger partial charge in [0.25, 0.3) is 0 Å². The molecule has 1 aromatic heterocycles. The third-order valence-electron chi connectivity index (χ3n) is 2.95. The zero-order valence-corrected chi connectivity index (χ0v) is 13.5. The molecule has 0 unspecified atom stereocenters. The van der Waals surface area contributed by atoms with E-state index < -0.39 is 0 Å². The van der Waals surface area contributed by atoms with E-state index in [0.717, 1.165) is 42.3 Å². The largest absolute Gasteiger partial charge is 0.382 e. The first-order chi connectivity index (χ1) is 9.72. The van der Waals surface area contributed by atoms with E-state index in [-0.39, 0.29) is 0 Å². The number of anilines is 1. The molecule has 1 N–H and O–H groups in total. The topological polar surface area (TPSA) is 39.1 Å². The molecular formula is C15H20BrN3O. The Kier molecular flexibility index (Phi) is 5.61. The van der Waals surface area contributed by atoms with Gasteiger partial charge in [0.1, 0.15) is 0 Å². The predicted molar refractivity (Wildman–Crippen MR) is 85.6 cm³/mol. The van der Waals surface area contributed by atoms with E-state index in [9.17, 15) is 0 Å². The Balaban J connectivity index is 2.06. The summed E-state index contributed by atoms with van der Waals surface area (Å²) in [4.78, 5) is 4.37. The lowest BCUT2D eigenvalue weighted by atomic mass is 10.2. The molecular weight excluding hydrogens is 318 g/mol. The van der Waals surface area contributed by atoms with Crippen LogP contribution in [0.5, 0.6) is 0 Å². The second kappa shape index (κ2) is 7.45. The molecule has 4 nitrogen and oxygen atoms in total. The zero-order valence-electron chi connectivity index (χ0n) is 11.9. The number of benzene rings is 1. The van der Waals surface area contributed by atoms with E-state index in [4.69, 9.17) is 4.74 Å². The second-order valence-electron chi connectivity index (χ2n) is 4.55. The van der Waals surface area contributed by atoms with E-state index in [1.807, 2.05) is 13.1 Å². The Labute approximate surface area is 128 Å². The zero-order chi connectivity index (χ0) is 14.4. The van der Waals surface area contributed by atoms with Crippen molar-refractivity contribution in [3.8, 4) is 5.69 Å². The molecule has 0 atom stereocenters. The van der Waals surface area contributed by atoms with E-state index in [1.165, 1.54) is 5.56 Å². The Bertz CT molecular complexity index is 554. The van der Waals surface area contributed by atoms with Gasteiger partial charge >= 0.3 is 0 Å². The van der Waals surface area contributed by atoms with Crippen LogP contribution in [-0.4, -0.2) is 29.3 Å². The van der Waals surface area contributed by atoms with Crippen LogP contribution in [0.3, 0.4) is 0 Å². The normalized spacial score (nSPS) is 10.8. The van der Waals surface area contributed by atoms with Crippen molar-refractivity contribution in [1.29, 1.82) is 0 Å². The molecule has 0 aliphatic heterocycles. The molecule has 20 heavy (non-hydrogen) atoms. The van der Waals surface area contributed by atoms with Gasteiger partial charge in [0.2, 0.25) is 5.95 Å². The van der Waals surface area contributed by atoms with Crippen molar-refractivity contribution in [2.45, 2.75) is 20.3 Å². The van der Waals surface area contributed by atoms with Gasteiger partial charge in [-0.3, -0.25) is 4.57 Å². The summed E-state index contributed by atoms with van der Waals surface area (Å²) in [5.74, 6) is 0.854. The molecule has 1 aromatic carbocycles. The third kappa shape index (κ3) is 3.84. The number of ether oxygens (including phenoxy) is 1. The maximum absolute atomic E-state index is 5.33. The van der Waals surface area contributed by atoms with Crippen molar-refractivity contribution in [1.82, 2.24) is 9.55 Å². The number of halogens is 1. The summed E-state index contributed by atoms with van der Waals surface area (Å²) >= 11 is 3.59. The Morgan fingerprint density at radius 2 is 2.25 bits per heavy atom. The molecule has 0 aliphatic carbocycles. The summed E-state index contributed by atoms with van der Waals surface area (Å²) < 4.78 is 8.44. The molecule has 2 aromatic rings. The van der Waals surface area contributed by atoms with Crippen molar-refractivity contribution in [3.05, 3.63) is 40.6 Å². The number of nitrogens with one attached hydrogen (secondary N) is 1. The maximum atomic E-state index is 5.33. The number of nitrogens with zero attached hydrogens (tertiary/aromatic N) is 2. The van der Waals surface area contributed by atoms with Crippen LogP contribution in [0, 0.1) is 6.92 Å². The number of hydrogen-bond donors (Lipinski definition) is 1. The van der Waals surface area contributed by atoms with Gasteiger partial charge in [0.15, 0.2) is 0 Å². The Morgan fingerprint density at radius 1 is 1.40 bits per heavy atom. The highest BCUT2D eigenvalue weighted by molar-refractivity contribution is 9.10. The van der Waals surface area contributed by atoms with Crippen molar-refractivity contribution >= 4 is 21.9 Å². The van der Waals surface area contributed by atoms with E-state index in [2.05, 4.69) is 55.9 Å². The van der Waals surface area contributed by atoms with Gasteiger partial charge in [-0.2, -0.15) is 0 Å². The van der Waals surface area contributed by atoms with Crippen molar-refractivity contribution in [2.75, 3.05) is 25.1 Å². The molecule has 0 saturated carbocycles. The molecule has 5 heteroatoms. The second-order valence-corrected chi connectivity index (χ2v) is 5.41. The highest BCUT2D eigenvalue weighted by atomic mass is 79.9. The van der Waals surface area contributed by atoms with E-state index in [1.54, 1.807) is 6.20 Å². The monoisotopic (exact) mass is 337 g/mol. The molecule has 0 fully saturated rings. The first-order valence-electron chi connectivity index (χ1n) is 6.84. The third-order valence-corrected chi connectivity index (χ3v) is 3.63. The SMILES string of the molecule is CCOCCCNc1nccn1-c1cc(C)ccc1Br. The minimum atomic E-state index is 0.769. The lowest BCUT2D eigenvalue weighted by molar-refractivity contribution is 0.147. The summed E-state index contributed by atoms with van der Waals surface area (Å²) in [6.07, 6.45) is 4.74. The average Bonchev–Trinajstić information content (AvgIpc) is 2.89. The number of imidazole rings is 1. The number of aromatic nitrogens is 2. The fourth-order valence-electron chi connectivity index (χ4n) is 1.95. The molecule has 0 amide bonds. The fraction of sp³-hybridized carbons (Fsp3) is 0.400. The van der Waals surface area contributed by atoms with Crippen LogP contribution in [0.2, 0.25) is 0 Å². The van der Waals surface area contributed by atoms with E-state index in [0.29, 0.717) is 0 Å². The van der Waals surface area contributed by atoms with Gasteiger partial charge in [0.05, 0.1) is 5.69 Å². The fourth-order valence-corrected chi connectivity index (χ4v) is 2.39. The van der Waals surface area contributed by atoms with Crippen LogP contribution in [-0.2, 0) is 4.74 Å². The average molecular weight is 338 g/mol. The number of hydrogen-bond acceptors (Lipinski definition) is 3. The van der Waals surface area contributed by atoms with Crippen molar-refractivity contribution < 1.29 is 4.74 Å². The Hall–Kier alpha value is -1.33. The highest BCUT2D eigenvalue weighted by Gasteiger charge is 2.07. The summed E-state index contributed by atoms with van der Waals surface area (Å²) in [7, 11) is 0. The summed E-state index contributed by atoms with van der Waals surface area (Å²) in [5, 5.41) is 3.35. The molecule has 0 aliphatic rings. The van der Waals surface area contributed by atoms with Crippen LogP contribution in [0.25, 0.3) is 5.69 Å². The van der Waals surface area contributed by atoms with Gasteiger partial charge in [-0.25, -0.2) is 4.98 Å². The van der Waals surface area contributed by atoms with Crippen LogP contribution in [0.15, 0.2) is 35.1 Å². The van der Waals surface area contributed by atoms with Crippen LogP contribution in [0.4, 0.5) is 5.95 Å². The van der Waals surface area contributed by atoms with Crippen molar-refractivity contribution in [3.63, 3.8) is 0 Å². The maximum Gasteiger partial charge on any atom is 0.207 e. The van der Waals surface area contributed by atoms with Crippen LogP contribution >= 0.6 is 15.9 Å². The highest BCUT2D eigenvalue weighted by Crippen LogP contribution is 2.24. The van der Waals surface area contributed by atoms with Gasteiger partial charge in [-0.15, -0.1) is 0 Å². The predicted octanol–water partition coefficient (Wildman–Crippen LogP) is 3.78. The molecule has 0 radical (unpaired) electrons. The van der Waals surface area contributed by atoms with Gasteiger partial charge in [0, 0.05) is 36.6 Å². The first kappa shape index (κ1) is 15.1. The molecule has 1 heterocycles. The minimum absolute atomic E-state index is 0.769. The molecule has 108 valence electrons. The standard InChI is InChI=1S/C15H20BrN3O/c1-3-20-10-4-7-17-15-18-8-9-19(15)14-11-12(2)5-6-13(14)16/h5-6,8-9,11H,3-4,7,10H2,1-2H3,(H,17,18). The van der Waals surface area contributed by atoms with E-state index >= 15 is 0 Å². The smallest absolute Gasteiger partial charge is 0.207 e.